The van der Waals surface area contributed by atoms with Crippen molar-refractivity contribution in [2.24, 2.45) is 5.92 Å². The zero-order chi connectivity index (χ0) is 16.5. The van der Waals surface area contributed by atoms with E-state index in [0.717, 1.165) is 35.0 Å². The highest BCUT2D eigenvalue weighted by Gasteiger charge is 2.37. The number of hydrogen-bond acceptors (Lipinski definition) is 5. The van der Waals surface area contributed by atoms with Gasteiger partial charge in [-0.3, -0.25) is 4.79 Å². The van der Waals surface area contributed by atoms with Crippen LogP contribution in [0.15, 0.2) is 18.5 Å². The number of nitrogens with zero attached hydrogens (tertiary/aromatic N) is 4. The smallest absolute Gasteiger partial charge is 0.266 e. The molecule has 0 aromatic carbocycles. The highest BCUT2D eigenvalue weighted by molar-refractivity contribution is 7.17. The Hall–Kier alpha value is -1.82. The lowest BCUT2D eigenvalue weighted by Crippen LogP contribution is -2.49. The fourth-order valence-corrected chi connectivity index (χ4v) is 5.08. The Kier molecular flexibility index (Phi) is 4.31. The Balaban J connectivity index is 1.61. The van der Waals surface area contributed by atoms with Gasteiger partial charge in [-0.05, 0) is 44.6 Å². The zero-order valence-electron chi connectivity index (χ0n) is 13.9. The molecule has 126 valence electrons. The molecular formula is C18H22N4OS. The summed E-state index contributed by atoms with van der Waals surface area (Å²) in [4.78, 5) is 29.1. The summed E-state index contributed by atoms with van der Waals surface area (Å²) in [5.41, 5.74) is 0.797. The van der Waals surface area contributed by atoms with E-state index in [2.05, 4.69) is 19.9 Å². The monoisotopic (exact) mass is 342 g/mol. The van der Waals surface area contributed by atoms with Gasteiger partial charge in [-0.15, -0.1) is 11.3 Å². The van der Waals surface area contributed by atoms with Crippen molar-refractivity contribution in [1.82, 2.24) is 19.9 Å². The van der Waals surface area contributed by atoms with E-state index in [0.29, 0.717) is 17.8 Å². The summed E-state index contributed by atoms with van der Waals surface area (Å²) in [7, 11) is 0. The van der Waals surface area contributed by atoms with Crippen LogP contribution in [-0.4, -0.2) is 38.3 Å². The van der Waals surface area contributed by atoms with E-state index in [4.69, 9.17) is 0 Å². The van der Waals surface area contributed by atoms with Gasteiger partial charge in [0.1, 0.15) is 4.88 Å². The molecule has 2 fully saturated rings. The van der Waals surface area contributed by atoms with Crippen LogP contribution in [0.3, 0.4) is 0 Å². The second-order valence-electron chi connectivity index (χ2n) is 6.76. The van der Waals surface area contributed by atoms with Crippen LogP contribution >= 0.6 is 11.3 Å². The molecular weight excluding hydrogens is 320 g/mol. The molecule has 4 rings (SSSR count). The maximum Gasteiger partial charge on any atom is 0.266 e. The summed E-state index contributed by atoms with van der Waals surface area (Å²) in [5, 5.41) is 0.730. The van der Waals surface area contributed by atoms with Crippen LogP contribution in [0.5, 0.6) is 0 Å². The van der Waals surface area contributed by atoms with Gasteiger partial charge >= 0.3 is 0 Å². The third-order valence-corrected chi connectivity index (χ3v) is 6.39. The van der Waals surface area contributed by atoms with Crippen molar-refractivity contribution in [1.29, 1.82) is 0 Å². The molecule has 2 aliphatic rings. The maximum absolute atomic E-state index is 13.2. The van der Waals surface area contributed by atoms with Crippen LogP contribution in [0.1, 0.15) is 53.9 Å². The van der Waals surface area contributed by atoms with E-state index in [-0.39, 0.29) is 5.91 Å². The number of thiazole rings is 1. The number of likely N-dealkylation sites (tertiary alicyclic amines) is 1. The third-order valence-electron chi connectivity index (χ3n) is 5.25. The predicted molar refractivity (Wildman–Crippen MR) is 93.9 cm³/mol. The number of piperidine rings is 1. The quantitative estimate of drug-likeness (QED) is 0.835. The maximum atomic E-state index is 13.2. The minimum Gasteiger partial charge on any atom is -0.335 e. The third kappa shape index (κ3) is 2.83. The number of aryl methyl sites for hydroxylation is 1. The van der Waals surface area contributed by atoms with Crippen molar-refractivity contribution in [2.45, 2.75) is 51.5 Å². The van der Waals surface area contributed by atoms with Gasteiger partial charge in [0.25, 0.3) is 5.91 Å². The second-order valence-corrected chi connectivity index (χ2v) is 7.76. The molecule has 1 saturated carbocycles. The van der Waals surface area contributed by atoms with Gasteiger partial charge in [-0.2, -0.15) is 0 Å². The highest BCUT2D eigenvalue weighted by atomic mass is 32.1. The van der Waals surface area contributed by atoms with Gasteiger partial charge in [0.2, 0.25) is 0 Å². The molecule has 0 N–H and O–H groups in total. The van der Waals surface area contributed by atoms with Crippen LogP contribution in [0.2, 0.25) is 0 Å². The molecule has 2 aromatic rings. The van der Waals surface area contributed by atoms with E-state index < -0.39 is 0 Å². The molecule has 1 aliphatic heterocycles. The number of rotatable bonds is 2. The van der Waals surface area contributed by atoms with Crippen molar-refractivity contribution in [3.63, 3.8) is 0 Å². The molecule has 2 aromatic heterocycles. The van der Waals surface area contributed by atoms with Crippen LogP contribution in [0, 0.1) is 12.8 Å². The summed E-state index contributed by atoms with van der Waals surface area (Å²) in [6.45, 7) is 2.80. The largest absolute Gasteiger partial charge is 0.335 e. The standard InChI is InChI=1S/C18H22N4OS/c1-12-15(24-17(21-12)16-19-9-5-10-20-16)18(23)22-11-4-7-13-6-2-3-8-14(13)22/h5,9-10,13-14H,2-4,6-8,11H2,1H3/t13-,14-/m1/s1. The van der Waals surface area contributed by atoms with Gasteiger partial charge in [-0.1, -0.05) is 12.8 Å². The first-order valence-corrected chi connectivity index (χ1v) is 9.61. The molecule has 3 heterocycles. The van der Waals surface area contributed by atoms with E-state index in [1.54, 1.807) is 18.5 Å². The van der Waals surface area contributed by atoms with Gasteiger partial charge in [-0.25, -0.2) is 15.0 Å². The molecule has 1 aliphatic carbocycles. The van der Waals surface area contributed by atoms with Crippen molar-refractivity contribution in [3.05, 3.63) is 29.0 Å². The molecule has 2 atom stereocenters. The molecule has 0 spiro atoms. The van der Waals surface area contributed by atoms with E-state index >= 15 is 0 Å². The van der Waals surface area contributed by atoms with Crippen molar-refractivity contribution < 1.29 is 4.79 Å². The van der Waals surface area contributed by atoms with E-state index in [9.17, 15) is 4.79 Å². The average Bonchev–Trinajstić information content (AvgIpc) is 3.03. The number of carbonyl (C=O) groups excluding carboxylic acids is 1. The minimum absolute atomic E-state index is 0.156. The SMILES string of the molecule is Cc1nc(-c2ncccn2)sc1C(=O)N1CCC[C@H]2CCCC[C@H]21. The Bertz CT molecular complexity index is 728. The van der Waals surface area contributed by atoms with E-state index in [1.807, 2.05) is 6.92 Å². The van der Waals surface area contributed by atoms with Gasteiger partial charge in [0.15, 0.2) is 10.8 Å². The normalized spacial score (nSPS) is 23.8. The predicted octanol–water partition coefficient (Wildman–Crippen LogP) is 3.70. The average molecular weight is 342 g/mol. The lowest BCUT2D eigenvalue weighted by atomic mass is 9.78. The van der Waals surface area contributed by atoms with Crippen LogP contribution < -0.4 is 0 Å². The molecule has 6 heteroatoms. The topological polar surface area (TPSA) is 59.0 Å². The molecule has 0 bridgehead atoms. The van der Waals surface area contributed by atoms with E-state index in [1.165, 1.54) is 37.0 Å². The van der Waals surface area contributed by atoms with Crippen LogP contribution in [0.4, 0.5) is 0 Å². The Morgan fingerprint density at radius 1 is 1.17 bits per heavy atom. The second kappa shape index (κ2) is 6.59. The Morgan fingerprint density at radius 2 is 1.92 bits per heavy atom. The first-order chi connectivity index (χ1) is 11.7. The summed E-state index contributed by atoms with van der Waals surface area (Å²) >= 11 is 1.43. The number of hydrogen-bond donors (Lipinski definition) is 0. The van der Waals surface area contributed by atoms with Crippen LogP contribution in [-0.2, 0) is 0 Å². The van der Waals surface area contributed by atoms with Crippen molar-refractivity contribution in [3.8, 4) is 10.8 Å². The molecule has 5 nitrogen and oxygen atoms in total. The lowest BCUT2D eigenvalue weighted by Gasteiger charge is -2.44. The van der Waals surface area contributed by atoms with Gasteiger partial charge in [0, 0.05) is 25.0 Å². The van der Waals surface area contributed by atoms with Crippen molar-refractivity contribution >= 4 is 17.2 Å². The van der Waals surface area contributed by atoms with Crippen LogP contribution in [0.25, 0.3) is 10.8 Å². The fourth-order valence-electron chi connectivity index (χ4n) is 4.11. The number of aromatic nitrogens is 3. The molecule has 24 heavy (non-hydrogen) atoms. The zero-order valence-corrected chi connectivity index (χ0v) is 14.8. The highest BCUT2D eigenvalue weighted by Crippen LogP contribution is 2.37. The number of carbonyl (C=O) groups is 1. The van der Waals surface area contributed by atoms with Gasteiger partial charge < -0.3 is 4.90 Å². The van der Waals surface area contributed by atoms with Crippen molar-refractivity contribution in [2.75, 3.05) is 6.54 Å². The Morgan fingerprint density at radius 3 is 2.75 bits per heavy atom. The summed E-state index contributed by atoms with van der Waals surface area (Å²) in [6, 6.07) is 2.21. The Labute approximate surface area is 146 Å². The number of amides is 1. The fraction of sp³-hybridized carbons (Fsp3) is 0.556. The molecule has 0 radical (unpaired) electrons. The number of fused-ring (bicyclic) bond motifs is 1. The van der Waals surface area contributed by atoms with Gasteiger partial charge in [0.05, 0.1) is 5.69 Å². The summed E-state index contributed by atoms with van der Waals surface area (Å²) in [5.74, 6) is 1.45. The first-order valence-electron chi connectivity index (χ1n) is 8.80. The first kappa shape index (κ1) is 15.7. The summed E-state index contributed by atoms with van der Waals surface area (Å²) in [6.07, 6.45) is 10.8. The summed E-state index contributed by atoms with van der Waals surface area (Å²) < 4.78 is 0. The lowest BCUT2D eigenvalue weighted by molar-refractivity contribution is 0.0394. The molecule has 0 unspecified atom stereocenters. The molecule has 1 saturated heterocycles. The minimum atomic E-state index is 0.156. The molecule has 1 amide bonds.